The van der Waals surface area contributed by atoms with Gasteiger partial charge in [-0.1, -0.05) is 12.1 Å². The summed E-state index contributed by atoms with van der Waals surface area (Å²) in [4.78, 5) is 23.8. The monoisotopic (exact) mass is 371 g/mol. The summed E-state index contributed by atoms with van der Waals surface area (Å²) in [5.41, 5.74) is 0.767. The predicted molar refractivity (Wildman–Crippen MR) is 103 cm³/mol. The normalized spacial score (nSPS) is 24.6. The van der Waals surface area contributed by atoms with Crippen LogP contribution in [0.2, 0.25) is 5.82 Å². The van der Waals surface area contributed by atoms with Crippen molar-refractivity contribution in [3.8, 4) is 5.75 Å². The average Bonchev–Trinajstić information content (AvgIpc) is 2.63. The van der Waals surface area contributed by atoms with Crippen molar-refractivity contribution >= 4 is 25.1 Å². The van der Waals surface area contributed by atoms with Gasteiger partial charge in [0.15, 0.2) is 0 Å². The summed E-state index contributed by atoms with van der Waals surface area (Å²) in [7, 11) is -1.16. The highest BCUT2D eigenvalue weighted by molar-refractivity contribution is 6.47. The number of benzene rings is 1. The van der Waals surface area contributed by atoms with Crippen molar-refractivity contribution in [1.82, 2.24) is 0 Å². The number of carbonyl (C=O) groups is 2. The molecule has 7 heteroatoms. The van der Waals surface area contributed by atoms with Gasteiger partial charge in [-0.25, -0.2) is 4.79 Å². The first-order chi connectivity index (χ1) is 13.0. The minimum atomic E-state index is -1.16. The predicted octanol–water partition coefficient (Wildman–Crippen LogP) is 3.37. The summed E-state index contributed by atoms with van der Waals surface area (Å²) in [5.74, 6) is -0.105. The lowest BCUT2D eigenvalue weighted by atomic mass is 9.64. The number of carbonyl (C=O) groups excluding carboxylic acids is 1. The van der Waals surface area contributed by atoms with Gasteiger partial charge in [-0.05, 0) is 68.2 Å². The van der Waals surface area contributed by atoms with Crippen molar-refractivity contribution < 1.29 is 24.4 Å². The number of para-hydroxylation sites is 1. The highest BCUT2D eigenvalue weighted by Crippen LogP contribution is 2.37. The SMILES string of the molecule is N=CCC1CCC(CC(=O)C[C@H]2Cc3cccc(C(=O)O)c3OB2O)CC1. The van der Waals surface area contributed by atoms with Crippen LogP contribution in [0.15, 0.2) is 18.2 Å². The highest BCUT2D eigenvalue weighted by Gasteiger charge is 2.38. The second-order valence-electron chi connectivity index (χ2n) is 7.85. The van der Waals surface area contributed by atoms with Crippen LogP contribution in [0, 0.1) is 17.2 Å². The summed E-state index contributed by atoms with van der Waals surface area (Å²) in [5, 5.41) is 26.7. The second kappa shape index (κ2) is 8.70. The van der Waals surface area contributed by atoms with Gasteiger partial charge >= 0.3 is 13.1 Å². The molecule has 6 nitrogen and oxygen atoms in total. The molecule has 1 aromatic carbocycles. The molecule has 1 aliphatic heterocycles. The van der Waals surface area contributed by atoms with Gasteiger partial charge in [0.2, 0.25) is 0 Å². The molecule has 1 aromatic rings. The molecule has 3 rings (SSSR count). The number of hydrogen-bond donors (Lipinski definition) is 3. The Kier molecular flexibility index (Phi) is 6.32. The Morgan fingerprint density at radius 2 is 1.89 bits per heavy atom. The van der Waals surface area contributed by atoms with Crippen molar-refractivity contribution in [2.24, 2.45) is 11.8 Å². The maximum atomic E-state index is 12.5. The molecule has 144 valence electrons. The van der Waals surface area contributed by atoms with E-state index in [1.54, 1.807) is 12.1 Å². The Morgan fingerprint density at radius 3 is 2.56 bits per heavy atom. The van der Waals surface area contributed by atoms with Crippen molar-refractivity contribution in [3.63, 3.8) is 0 Å². The summed E-state index contributed by atoms with van der Waals surface area (Å²) >= 11 is 0. The number of ketones is 1. The van der Waals surface area contributed by atoms with Gasteiger partial charge in [0, 0.05) is 18.7 Å². The minimum Gasteiger partial charge on any atom is -0.535 e. The Hall–Kier alpha value is -2.15. The number of aromatic carboxylic acids is 1. The van der Waals surface area contributed by atoms with Gasteiger partial charge in [-0.2, -0.15) is 0 Å². The second-order valence-corrected chi connectivity index (χ2v) is 7.85. The molecule has 0 spiro atoms. The molecule has 1 atom stereocenters. The third kappa shape index (κ3) is 4.77. The van der Waals surface area contributed by atoms with E-state index in [0.29, 0.717) is 24.7 Å². The largest absolute Gasteiger partial charge is 0.535 e. The molecule has 1 aliphatic carbocycles. The zero-order valence-corrected chi connectivity index (χ0v) is 15.4. The van der Waals surface area contributed by atoms with Gasteiger partial charge in [-0.15, -0.1) is 0 Å². The number of carboxylic acid groups (broad SMARTS) is 1. The van der Waals surface area contributed by atoms with Crippen LogP contribution in [0.5, 0.6) is 5.75 Å². The fourth-order valence-corrected chi connectivity index (χ4v) is 4.36. The maximum Gasteiger partial charge on any atom is 0.526 e. The first kappa shape index (κ1) is 19.6. The third-order valence-corrected chi connectivity index (χ3v) is 5.87. The molecule has 1 fully saturated rings. The number of fused-ring (bicyclic) bond motifs is 1. The van der Waals surface area contributed by atoms with Crippen LogP contribution < -0.4 is 4.65 Å². The Morgan fingerprint density at radius 1 is 1.19 bits per heavy atom. The number of rotatable bonds is 7. The third-order valence-electron chi connectivity index (χ3n) is 5.87. The summed E-state index contributed by atoms with van der Waals surface area (Å²) in [6.07, 6.45) is 7.74. The van der Waals surface area contributed by atoms with E-state index in [0.717, 1.165) is 37.7 Å². The Balaban J connectivity index is 1.55. The zero-order chi connectivity index (χ0) is 19.4. The fourth-order valence-electron chi connectivity index (χ4n) is 4.36. The zero-order valence-electron chi connectivity index (χ0n) is 15.4. The lowest BCUT2D eigenvalue weighted by molar-refractivity contribution is -0.120. The molecule has 0 amide bonds. The molecule has 2 aliphatic rings. The van der Waals surface area contributed by atoms with Crippen LogP contribution in [0.3, 0.4) is 0 Å². The molecule has 0 unspecified atom stereocenters. The lowest BCUT2D eigenvalue weighted by Crippen LogP contribution is -2.36. The van der Waals surface area contributed by atoms with Crippen molar-refractivity contribution in [2.75, 3.05) is 0 Å². The highest BCUT2D eigenvalue weighted by atomic mass is 16.5. The van der Waals surface area contributed by atoms with Crippen LogP contribution in [-0.4, -0.2) is 35.2 Å². The number of Topliss-reactive ketones (excluding diaryl/α,β-unsaturated/α-hetero) is 1. The van der Waals surface area contributed by atoms with E-state index in [1.807, 2.05) is 0 Å². The molecule has 0 radical (unpaired) electrons. The van der Waals surface area contributed by atoms with Gasteiger partial charge in [0.1, 0.15) is 11.5 Å². The van der Waals surface area contributed by atoms with Crippen LogP contribution in [0.4, 0.5) is 0 Å². The van der Waals surface area contributed by atoms with Crippen LogP contribution in [0.1, 0.15) is 60.9 Å². The summed E-state index contributed by atoms with van der Waals surface area (Å²) in [6.45, 7) is 0. The Bertz CT molecular complexity index is 714. The topological polar surface area (TPSA) is 108 Å². The molecular formula is C20H26BNO5. The quantitative estimate of drug-likeness (QED) is 0.503. The van der Waals surface area contributed by atoms with E-state index >= 15 is 0 Å². The average molecular weight is 371 g/mol. The molecule has 0 saturated heterocycles. The first-order valence-electron chi connectivity index (χ1n) is 9.68. The van der Waals surface area contributed by atoms with E-state index in [1.165, 1.54) is 12.3 Å². The molecule has 27 heavy (non-hydrogen) atoms. The molecular weight excluding hydrogens is 345 g/mol. The Labute approximate surface area is 159 Å². The van der Waals surface area contributed by atoms with E-state index in [4.69, 9.17) is 10.1 Å². The van der Waals surface area contributed by atoms with E-state index < -0.39 is 13.1 Å². The van der Waals surface area contributed by atoms with Crippen molar-refractivity contribution in [2.45, 2.75) is 57.2 Å². The fraction of sp³-hybridized carbons (Fsp3) is 0.550. The molecule has 1 saturated carbocycles. The van der Waals surface area contributed by atoms with Gasteiger partial charge in [0.05, 0.1) is 5.56 Å². The van der Waals surface area contributed by atoms with E-state index in [2.05, 4.69) is 0 Å². The molecule has 0 aromatic heterocycles. The molecule has 1 heterocycles. The van der Waals surface area contributed by atoms with Crippen LogP contribution in [-0.2, 0) is 11.2 Å². The van der Waals surface area contributed by atoms with Crippen LogP contribution in [0.25, 0.3) is 0 Å². The van der Waals surface area contributed by atoms with E-state index in [-0.39, 0.29) is 29.3 Å². The molecule has 3 N–H and O–H groups in total. The summed E-state index contributed by atoms with van der Waals surface area (Å²) < 4.78 is 5.47. The minimum absolute atomic E-state index is 0.0398. The van der Waals surface area contributed by atoms with Gasteiger partial charge < -0.3 is 20.2 Å². The number of hydrogen-bond acceptors (Lipinski definition) is 5. The van der Waals surface area contributed by atoms with Crippen molar-refractivity contribution in [3.05, 3.63) is 29.3 Å². The standard InChI is InChI=1S/C20H26BNO5/c22-9-8-13-4-6-14(7-5-13)10-17(23)12-16-11-15-2-1-3-18(20(24)25)19(15)27-21(16)26/h1-3,9,13-14,16,22,26H,4-8,10-12H2,(H,24,25)/t13?,14?,16-/m1/s1. The molecule has 0 bridgehead atoms. The summed E-state index contributed by atoms with van der Waals surface area (Å²) in [6, 6.07) is 4.90. The van der Waals surface area contributed by atoms with Crippen molar-refractivity contribution in [1.29, 1.82) is 5.41 Å². The maximum absolute atomic E-state index is 12.5. The van der Waals surface area contributed by atoms with Crippen LogP contribution >= 0.6 is 0 Å². The van der Waals surface area contributed by atoms with Gasteiger partial charge in [0.25, 0.3) is 0 Å². The number of carboxylic acids is 1. The van der Waals surface area contributed by atoms with Gasteiger partial charge in [-0.3, -0.25) is 4.79 Å². The van der Waals surface area contributed by atoms with E-state index in [9.17, 15) is 19.7 Å². The smallest absolute Gasteiger partial charge is 0.526 e. The first-order valence-corrected chi connectivity index (χ1v) is 9.68. The number of nitrogens with one attached hydrogen (secondary N) is 1. The lowest BCUT2D eigenvalue weighted by Gasteiger charge is -2.29.